The molecule has 2 saturated heterocycles. The van der Waals surface area contributed by atoms with Crippen LogP contribution in [0.4, 0.5) is 5.82 Å². The van der Waals surface area contributed by atoms with Crippen LogP contribution < -0.4 is 4.90 Å². The summed E-state index contributed by atoms with van der Waals surface area (Å²) in [5.74, 6) is 1.13. The SMILES string of the molecule is Cc1cc(N2C3CCC2COC3)n2nc(CCCO)cc2n1. The second-order valence-electron chi connectivity index (χ2n) is 6.32. The van der Waals surface area contributed by atoms with Gasteiger partial charge in [-0.2, -0.15) is 9.61 Å². The molecule has 2 aliphatic heterocycles. The Morgan fingerprint density at radius 1 is 1.27 bits per heavy atom. The molecule has 0 aromatic carbocycles. The number of fused-ring (bicyclic) bond motifs is 3. The van der Waals surface area contributed by atoms with E-state index in [0.717, 1.165) is 48.9 Å². The standard InChI is InChI=1S/C16H22N4O2/c1-11-7-16(19-13-4-5-14(19)10-22-9-13)20-15(17-11)8-12(18-20)3-2-6-21/h7-8,13-14,21H,2-6,9-10H2,1H3. The molecule has 1 N–H and O–H groups in total. The molecule has 2 aliphatic rings. The number of anilines is 1. The van der Waals surface area contributed by atoms with E-state index in [1.165, 1.54) is 12.8 Å². The van der Waals surface area contributed by atoms with Crippen molar-refractivity contribution in [2.45, 2.75) is 44.7 Å². The van der Waals surface area contributed by atoms with Gasteiger partial charge in [0.05, 0.1) is 31.0 Å². The van der Waals surface area contributed by atoms with Gasteiger partial charge in [0.1, 0.15) is 5.82 Å². The van der Waals surface area contributed by atoms with Gasteiger partial charge in [0.2, 0.25) is 0 Å². The minimum atomic E-state index is 0.195. The van der Waals surface area contributed by atoms with Gasteiger partial charge >= 0.3 is 0 Å². The van der Waals surface area contributed by atoms with Gasteiger partial charge in [0.15, 0.2) is 5.65 Å². The van der Waals surface area contributed by atoms with E-state index in [9.17, 15) is 0 Å². The van der Waals surface area contributed by atoms with E-state index in [0.29, 0.717) is 12.1 Å². The van der Waals surface area contributed by atoms with Gasteiger partial charge in [-0.15, -0.1) is 0 Å². The molecule has 4 rings (SSSR count). The van der Waals surface area contributed by atoms with Gasteiger partial charge in [-0.05, 0) is 32.6 Å². The number of nitrogens with zero attached hydrogens (tertiary/aromatic N) is 4. The zero-order valence-corrected chi connectivity index (χ0v) is 12.9. The first-order chi connectivity index (χ1) is 10.8. The van der Waals surface area contributed by atoms with E-state index in [1.807, 2.05) is 17.5 Å². The molecule has 0 amide bonds. The molecule has 4 heterocycles. The molecule has 0 radical (unpaired) electrons. The van der Waals surface area contributed by atoms with Crippen molar-refractivity contribution in [2.75, 3.05) is 24.7 Å². The predicted molar refractivity (Wildman–Crippen MR) is 83.2 cm³/mol. The highest BCUT2D eigenvalue weighted by Gasteiger charge is 2.38. The second-order valence-corrected chi connectivity index (χ2v) is 6.32. The molecule has 2 aromatic rings. The summed E-state index contributed by atoms with van der Waals surface area (Å²) >= 11 is 0. The van der Waals surface area contributed by atoms with E-state index in [-0.39, 0.29) is 6.61 Å². The lowest BCUT2D eigenvalue weighted by molar-refractivity contribution is 0.0899. The lowest BCUT2D eigenvalue weighted by Gasteiger charge is -2.36. The van der Waals surface area contributed by atoms with Gasteiger partial charge in [-0.25, -0.2) is 4.98 Å². The third-order valence-corrected chi connectivity index (χ3v) is 4.68. The van der Waals surface area contributed by atoms with Crippen LogP contribution >= 0.6 is 0 Å². The molecule has 118 valence electrons. The van der Waals surface area contributed by atoms with Crippen LogP contribution in [0.1, 0.15) is 30.7 Å². The van der Waals surface area contributed by atoms with Crippen molar-refractivity contribution in [3.63, 3.8) is 0 Å². The Bertz CT molecular complexity index is 668. The van der Waals surface area contributed by atoms with Crippen molar-refractivity contribution >= 4 is 11.5 Å². The van der Waals surface area contributed by atoms with Gasteiger partial charge in [0.25, 0.3) is 0 Å². The van der Waals surface area contributed by atoms with E-state index < -0.39 is 0 Å². The molecule has 2 aromatic heterocycles. The van der Waals surface area contributed by atoms with Crippen LogP contribution in [0.25, 0.3) is 5.65 Å². The van der Waals surface area contributed by atoms with Gasteiger partial charge < -0.3 is 14.7 Å². The molecule has 2 unspecified atom stereocenters. The third kappa shape index (κ3) is 2.27. The first-order valence-electron chi connectivity index (χ1n) is 8.09. The highest BCUT2D eigenvalue weighted by Crippen LogP contribution is 2.34. The van der Waals surface area contributed by atoms with Crippen molar-refractivity contribution < 1.29 is 9.84 Å². The van der Waals surface area contributed by atoms with Crippen LogP contribution in [0.5, 0.6) is 0 Å². The van der Waals surface area contributed by atoms with Crippen LogP contribution in [0.3, 0.4) is 0 Å². The highest BCUT2D eigenvalue weighted by atomic mass is 16.5. The van der Waals surface area contributed by atoms with Crippen LogP contribution in [-0.2, 0) is 11.2 Å². The summed E-state index contributed by atoms with van der Waals surface area (Å²) in [6, 6.07) is 5.07. The quantitative estimate of drug-likeness (QED) is 0.923. The van der Waals surface area contributed by atoms with Crippen molar-refractivity contribution in [2.24, 2.45) is 0 Å². The Balaban J connectivity index is 1.77. The molecule has 0 aliphatic carbocycles. The lowest BCUT2D eigenvalue weighted by Crippen LogP contribution is -2.46. The number of aryl methyl sites for hydroxylation is 2. The zero-order valence-electron chi connectivity index (χ0n) is 12.9. The van der Waals surface area contributed by atoms with Crippen molar-refractivity contribution in [1.82, 2.24) is 14.6 Å². The van der Waals surface area contributed by atoms with Crippen LogP contribution in [-0.4, -0.2) is 51.6 Å². The smallest absolute Gasteiger partial charge is 0.157 e. The summed E-state index contributed by atoms with van der Waals surface area (Å²) in [5.41, 5.74) is 2.91. The maximum absolute atomic E-state index is 9.01. The summed E-state index contributed by atoms with van der Waals surface area (Å²) in [6.45, 7) is 3.84. The second kappa shape index (κ2) is 5.52. The molecule has 0 saturated carbocycles. The third-order valence-electron chi connectivity index (χ3n) is 4.68. The molecule has 2 atom stereocenters. The minimum Gasteiger partial charge on any atom is -0.396 e. The van der Waals surface area contributed by atoms with Crippen molar-refractivity contribution in [1.29, 1.82) is 0 Å². The van der Waals surface area contributed by atoms with Crippen molar-refractivity contribution in [3.05, 3.63) is 23.5 Å². The van der Waals surface area contributed by atoms with E-state index in [2.05, 4.69) is 16.0 Å². The maximum atomic E-state index is 9.01. The molecule has 2 bridgehead atoms. The molecule has 6 nitrogen and oxygen atoms in total. The Labute approximate surface area is 129 Å². The molecular weight excluding hydrogens is 280 g/mol. The molecular formula is C16H22N4O2. The minimum absolute atomic E-state index is 0.195. The number of morpholine rings is 1. The Kier molecular flexibility index (Phi) is 3.50. The Morgan fingerprint density at radius 2 is 2.05 bits per heavy atom. The number of ether oxygens (including phenoxy) is 1. The largest absolute Gasteiger partial charge is 0.396 e. The number of rotatable bonds is 4. The summed E-state index contributed by atoms with van der Waals surface area (Å²) in [4.78, 5) is 7.09. The molecule has 2 fully saturated rings. The number of hydrogen-bond donors (Lipinski definition) is 1. The van der Waals surface area contributed by atoms with Crippen LogP contribution in [0, 0.1) is 6.92 Å². The van der Waals surface area contributed by atoms with Gasteiger partial charge in [0, 0.05) is 24.4 Å². The monoisotopic (exact) mass is 302 g/mol. The predicted octanol–water partition coefficient (Wildman–Crippen LogP) is 1.33. The molecule has 22 heavy (non-hydrogen) atoms. The molecule has 6 heteroatoms. The Morgan fingerprint density at radius 3 is 2.77 bits per heavy atom. The fourth-order valence-electron chi connectivity index (χ4n) is 3.70. The number of hydrogen-bond acceptors (Lipinski definition) is 5. The van der Waals surface area contributed by atoms with Gasteiger partial charge in [-0.1, -0.05) is 0 Å². The normalized spacial score (nSPS) is 24.4. The van der Waals surface area contributed by atoms with E-state index in [1.54, 1.807) is 0 Å². The highest BCUT2D eigenvalue weighted by molar-refractivity contribution is 5.54. The van der Waals surface area contributed by atoms with Crippen LogP contribution in [0.2, 0.25) is 0 Å². The number of aromatic nitrogens is 3. The number of aliphatic hydroxyl groups excluding tert-OH is 1. The Hall–Kier alpha value is -1.66. The first-order valence-corrected chi connectivity index (χ1v) is 8.09. The van der Waals surface area contributed by atoms with Gasteiger partial charge in [-0.3, -0.25) is 0 Å². The fourth-order valence-corrected chi connectivity index (χ4v) is 3.70. The zero-order chi connectivity index (χ0) is 15.1. The van der Waals surface area contributed by atoms with E-state index >= 15 is 0 Å². The average molecular weight is 302 g/mol. The average Bonchev–Trinajstić information content (AvgIpc) is 3.02. The topological polar surface area (TPSA) is 62.9 Å². The first kappa shape index (κ1) is 14.0. The van der Waals surface area contributed by atoms with Crippen LogP contribution in [0.15, 0.2) is 12.1 Å². The summed E-state index contributed by atoms with van der Waals surface area (Å²) in [6.07, 6.45) is 3.90. The van der Waals surface area contributed by atoms with E-state index in [4.69, 9.17) is 14.9 Å². The van der Waals surface area contributed by atoms with Crippen molar-refractivity contribution in [3.8, 4) is 0 Å². The summed E-state index contributed by atoms with van der Waals surface area (Å²) in [5, 5.41) is 13.7. The fraction of sp³-hybridized carbons (Fsp3) is 0.625. The maximum Gasteiger partial charge on any atom is 0.157 e. The summed E-state index contributed by atoms with van der Waals surface area (Å²) in [7, 11) is 0. The lowest BCUT2D eigenvalue weighted by atomic mass is 10.2. The number of aliphatic hydroxyl groups is 1. The summed E-state index contributed by atoms with van der Waals surface area (Å²) < 4.78 is 7.66. The molecule has 0 spiro atoms.